The summed E-state index contributed by atoms with van der Waals surface area (Å²) in [4.78, 5) is 10.4. The molecule has 0 aliphatic rings. The topological polar surface area (TPSA) is 87.6 Å². The maximum atomic E-state index is 10.7. The van der Waals surface area contributed by atoms with Gasteiger partial charge >= 0.3 is 0 Å². The van der Waals surface area contributed by atoms with Crippen molar-refractivity contribution in [2.24, 2.45) is 5.73 Å². The van der Waals surface area contributed by atoms with E-state index >= 15 is 0 Å². The lowest BCUT2D eigenvalue weighted by molar-refractivity contribution is -0.384. The van der Waals surface area contributed by atoms with Crippen LogP contribution in [-0.4, -0.2) is 17.0 Å². The Hall–Kier alpha value is -2.19. The average Bonchev–Trinajstić information content (AvgIpc) is 2.53. The van der Waals surface area contributed by atoms with E-state index in [1.54, 1.807) is 24.3 Å². The number of rotatable bonds is 6. The fourth-order valence-corrected chi connectivity index (χ4v) is 2.51. The number of non-ortho nitro benzene ring substituents is 1. The van der Waals surface area contributed by atoms with Gasteiger partial charge in [0.1, 0.15) is 11.6 Å². The summed E-state index contributed by atoms with van der Waals surface area (Å²) in [5.41, 5.74) is 7.08. The van der Waals surface area contributed by atoms with Gasteiger partial charge in [0.05, 0.1) is 17.6 Å². The largest absolute Gasteiger partial charge is 0.493 e. The molecule has 0 radical (unpaired) electrons. The Morgan fingerprint density at radius 3 is 2.52 bits per heavy atom. The molecule has 0 aliphatic carbocycles. The number of nitro benzene ring substituents is 1. The Morgan fingerprint density at radius 2 is 2.00 bits per heavy atom. The third-order valence-electron chi connectivity index (χ3n) is 3.04. The molecule has 0 spiro atoms. The first-order valence-electron chi connectivity index (χ1n) is 6.46. The van der Waals surface area contributed by atoms with E-state index in [1.165, 1.54) is 19.2 Å². The maximum absolute atomic E-state index is 10.7. The molecule has 6 nitrogen and oxygen atoms in total. The second-order valence-corrected chi connectivity index (χ2v) is 5.92. The fraction of sp³-hybridized carbons (Fsp3) is 0.133. The smallest absolute Gasteiger partial charge is 0.269 e. The van der Waals surface area contributed by atoms with Crippen molar-refractivity contribution in [3.63, 3.8) is 0 Å². The molecular weight excluding hydrogens is 384 g/mol. The van der Waals surface area contributed by atoms with Crippen LogP contribution in [0.3, 0.4) is 0 Å². The van der Waals surface area contributed by atoms with Gasteiger partial charge in [-0.2, -0.15) is 0 Å². The van der Waals surface area contributed by atoms with E-state index in [0.717, 1.165) is 10.0 Å². The number of hydrogen-bond acceptors (Lipinski definition) is 5. The fourth-order valence-electron chi connectivity index (χ4n) is 1.92. The van der Waals surface area contributed by atoms with Crippen molar-refractivity contribution in [1.29, 1.82) is 0 Å². The number of benzene rings is 2. The molecule has 0 bridgehead atoms. The molecule has 0 atom stereocenters. The van der Waals surface area contributed by atoms with Crippen LogP contribution in [0.2, 0.25) is 0 Å². The second-order valence-electron chi connectivity index (χ2n) is 4.56. The molecule has 8 heteroatoms. The highest BCUT2D eigenvalue weighted by Crippen LogP contribution is 2.35. The molecule has 0 saturated carbocycles. The monoisotopic (exact) mass is 396 g/mol. The number of hydrogen-bond donors (Lipinski definition) is 1. The Labute approximate surface area is 146 Å². The van der Waals surface area contributed by atoms with Crippen LogP contribution in [0.1, 0.15) is 11.1 Å². The summed E-state index contributed by atoms with van der Waals surface area (Å²) in [6, 6.07) is 9.59. The minimum atomic E-state index is -0.451. The molecule has 2 aromatic carbocycles. The zero-order valence-electron chi connectivity index (χ0n) is 12.1. The summed E-state index contributed by atoms with van der Waals surface area (Å²) in [5, 5.41) is 10.7. The van der Waals surface area contributed by atoms with Crippen molar-refractivity contribution in [2.75, 3.05) is 7.11 Å². The Morgan fingerprint density at radius 1 is 1.35 bits per heavy atom. The molecular formula is C15H13BrN2O4S. The van der Waals surface area contributed by atoms with Gasteiger partial charge in [-0.1, -0.05) is 28.1 Å². The van der Waals surface area contributed by atoms with Crippen molar-refractivity contribution in [2.45, 2.75) is 6.61 Å². The van der Waals surface area contributed by atoms with E-state index in [2.05, 4.69) is 15.9 Å². The summed E-state index contributed by atoms with van der Waals surface area (Å²) in [6.07, 6.45) is 0. The quantitative estimate of drug-likeness (QED) is 0.456. The van der Waals surface area contributed by atoms with Gasteiger partial charge in [-0.3, -0.25) is 10.1 Å². The number of nitrogens with two attached hydrogens (primary N) is 1. The van der Waals surface area contributed by atoms with Gasteiger partial charge in [0.15, 0.2) is 11.5 Å². The van der Waals surface area contributed by atoms with E-state index in [-0.39, 0.29) is 17.3 Å². The van der Waals surface area contributed by atoms with Crippen LogP contribution in [-0.2, 0) is 6.61 Å². The molecule has 2 aromatic rings. The van der Waals surface area contributed by atoms with Crippen molar-refractivity contribution in [3.8, 4) is 11.5 Å². The lowest BCUT2D eigenvalue weighted by atomic mass is 10.1. The van der Waals surface area contributed by atoms with Gasteiger partial charge in [-0.25, -0.2) is 0 Å². The summed E-state index contributed by atoms with van der Waals surface area (Å²) in [7, 11) is 1.52. The molecule has 0 unspecified atom stereocenters. The third-order valence-corrected chi connectivity index (χ3v) is 3.71. The predicted molar refractivity (Wildman–Crippen MR) is 94.0 cm³/mol. The number of thiocarbonyl (C=S) groups is 1. The number of halogens is 1. The number of nitrogens with zero attached hydrogens (tertiary/aromatic N) is 1. The maximum Gasteiger partial charge on any atom is 0.269 e. The van der Waals surface area contributed by atoms with Crippen molar-refractivity contribution < 1.29 is 14.4 Å². The van der Waals surface area contributed by atoms with Gasteiger partial charge in [0.25, 0.3) is 5.69 Å². The highest BCUT2D eigenvalue weighted by molar-refractivity contribution is 9.10. The lowest BCUT2D eigenvalue weighted by Crippen LogP contribution is -2.12. The van der Waals surface area contributed by atoms with E-state index in [0.29, 0.717) is 17.1 Å². The van der Waals surface area contributed by atoms with Crippen LogP contribution in [0.5, 0.6) is 11.5 Å². The van der Waals surface area contributed by atoms with Crippen LogP contribution in [0.15, 0.2) is 40.9 Å². The first-order valence-corrected chi connectivity index (χ1v) is 7.66. The second kappa shape index (κ2) is 7.38. The Kier molecular flexibility index (Phi) is 5.51. The molecule has 0 saturated heterocycles. The van der Waals surface area contributed by atoms with Crippen LogP contribution < -0.4 is 15.2 Å². The molecule has 120 valence electrons. The minimum absolute atomic E-state index is 0.0267. The van der Waals surface area contributed by atoms with E-state index in [9.17, 15) is 10.1 Å². The third kappa shape index (κ3) is 4.17. The molecule has 2 rings (SSSR count). The molecule has 0 aromatic heterocycles. The summed E-state index contributed by atoms with van der Waals surface area (Å²) >= 11 is 8.40. The summed E-state index contributed by atoms with van der Waals surface area (Å²) < 4.78 is 11.8. The van der Waals surface area contributed by atoms with E-state index < -0.39 is 4.92 Å². The highest BCUT2D eigenvalue weighted by Gasteiger charge is 2.15. The standard InChI is InChI=1S/C15H13BrN2O4S/c1-21-13-7-10(16)6-12(15(17)23)14(13)22-8-9-2-4-11(5-3-9)18(19)20/h2-7H,8H2,1H3,(H2,17,23). The first-order chi connectivity index (χ1) is 10.9. The molecule has 0 heterocycles. The minimum Gasteiger partial charge on any atom is -0.493 e. The van der Waals surface area contributed by atoms with Crippen molar-refractivity contribution in [1.82, 2.24) is 0 Å². The van der Waals surface area contributed by atoms with E-state index in [4.69, 9.17) is 27.4 Å². The summed E-state index contributed by atoms with van der Waals surface area (Å²) in [5.74, 6) is 0.922. The lowest BCUT2D eigenvalue weighted by Gasteiger charge is -2.15. The van der Waals surface area contributed by atoms with E-state index in [1.807, 2.05) is 0 Å². The molecule has 2 N–H and O–H groups in total. The Bertz CT molecular complexity index is 750. The Balaban J connectivity index is 2.25. The van der Waals surface area contributed by atoms with Crippen molar-refractivity contribution in [3.05, 3.63) is 62.1 Å². The molecule has 0 aliphatic heterocycles. The normalized spacial score (nSPS) is 10.2. The molecule has 0 fully saturated rings. The van der Waals surface area contributed by atoms with Gasteiger partial charge in [-0.05, 0) is 29.8 Å². The van der Waals surface area contributed by atoms with Crippen LogP contribution in [0.4, 0.5) is 5.69 Å². The van der Waals surface area contributed by atoms with Gasteiger partial charge in [-0.15, -0.1) is 0 Å². The molecule has 0 amide bonds. The average molecular weight is 397 g/mol. The summed E-state index contributed by atoms with van der Waals surface area (Å²) in [6.45, 7) is 0.200. The van der Waals surface area contributed by atoms with Gasteiger partial charge in [0.2, 0.25) is 0 Å². The molecule has 23 heavy (non-hydrogen) atoms. The predicted octanol–water partition coefficient (Wildman–Crippen LogP) is 3.58. The number of nitro groups is 1. The zero-order valence-corrected chi connectivity index (χ0v) is 14.5. The van der Waals surface area contributed by atoms with Gasteiger partial charge < -0.3 is 15.2 Å². The number of methoxy groups -OCH3 is 1. The zero-order chi connectivity index (χ0) is 17.0. The van der Waals surface area contributed by atoms with Gasteiger partial charge in [0, 0.05) is 16.6 Å². The van der Waals surface area contributed by atoms with Crippen LogP contribution in [0.25, 0.3) is 0 Å². The number of ether oxygens (including phenoxy) is 2. The SMILES string of the molecule is COc1cc(Br)cc(C(N)=S)c1OCc1ccc([N+](=O)[O-])cc1. The first kappa shape index (κ1) is 17.2. The van der Waals surface area contributed by atoms with Crippen LogP contribution >= 0.6 is 28.1 Å². The van der Waals surface area contributed by atoms with Crippen LogP contribution in [0, 0.1) is 10.1 Å². The van der Waals surface area contributed by atoms with Crippen molar-refractivity contribution >= 4 is 38.8 Å². The highest BCUT2D eigenvalue weighted by atomic mass is 79.9.